The number of thioether (sulfide) groups is 1. The molecule has 0 heterocycles. The molecule has 3 aromatic carbocycles. The van der Waals surface area contributed by atoms with Gasteiger partial charge in [0.25, 0.3) is 0 Å². The Hall–Kier alpha value is -2.58. The molecule has 0 saturated carbocycles. The second kappa shape index (κ2) is 8.50. The molecule has 0 spiro atoms. The summed E-state index contributed by atoms with van der Waals surface area (Å²) in [6.07, 6.45) is 0. The summed E-state index contributed by atoms with van der Waals surface area (Å²) >= 11 is 1.55. The van der Waals surface area contributed by atoms with Crippen molar-refractivity contribution >= 4 is 23.1 Å². The maximum absolute atomic E-state index is 12.4. The molecule has 0 N–H and O–H groups in total. The zero-order chi connectivity index (χ0) is 17.5. The highest BCUT2D eigenvalue weighted by molar-refractivity contribution is 8.03. The summed E-state index contributed by atoms with van der Waals surface area (Å²) in [6, 6.07) is 28.3. The predicted molar refractivity (Wildman–Crippen MR) is 108 cm³/mol. The number of hydrogen-bond donors (Lipinski definition) is 0. The minimum atomic E-state index is 0.154. The summed E-state index contributed by atoms with van der Waals surface area (Å²) < 4.78 is 0. The van der Waals surface area contributed by atoms with E-state index in [1.54, 1.807) is 11.8 Å². The zero-order valence-corrected chi connectivity index (χ0v) is 15.0. The first-order valence-corrected chi connectivity index (χ1v) is 9.31. The number of ketones is 1. The van der Waals surface area contributed by atoms with Crippen molar-refractivity contribution < 1.29 is 4.79 Å². The fourth-order valence-corrected chi connectivity index (χ4v) is 3.40. The standard InChI is InChI=1S/C23H20OS/c1-18-12-14-21(15-13-18)23(24)17-25-16-22(19-8-4-2-5-9-19)20-10-6-3-7-11-20/h2-16H,17H2,1H3. The summed E-state index contributed by atoms with van der Waals surface area (Å²) in [4.78, 5) is 12.4. The second-order valence-electron chi connectivity index (χ2n) is 5.86. The van der Waals surface area contributed by atoms with Crippen LogP contribution in [0.5, 0.6) is 0 Å². The number of Topliss-reactive ketones (excluding diaryl/α,β-unsaturated/α-hetero) is 1. The van der Waals surface area contributed by atoms with Crippen LogP contribution in [0.1, 0.15) is 27.0 Å². The second-order valence-corrected chi connectivity index (χ2v) is 6.72. The van der Waals surface area contributed by atoms with E-state index in [0.29, 0.717) is 5.75 Å². The smallest absolute Gasteiger partial charge is 0.173 e. The Morgan fingerprint density at radius 2 is 1.28 bits per heavy atom. The van der Waals surface area contributed by atoms with Gasteiger partial charge < -0.3 is 0 Å². The van der Waals surface area contributed by atoms with Crippen molar-refractivity contribution in [2.75, 3.05) is 5.75 Å². The summed E-state index contributed by atoms with van der Waals surface area (Å²) in [5.41, 5.74) is 5.39. The highest BCUT2D eigenvalue weighted by Gasteiger charge is 2.07. The third-order valence-electron chi connectivity index (χ3n) is 3.96. The fourth-order valence-electron chi connectivity index (χ4n) is 2.56. The Balaban J connectivity index is 1.77. The van der Waals surface area contributed by atoms with E-state index >= 15 is 0 Å². The van der Waals surface area contributed by atoms with Gasteiger partial charge in [-0.3, -0.25) is 4.79 Å². The highest BCUT2D eigenvalue weighted by Crippen LogP contribution is 2.26. The molecule has 0 unspecified atom stereocenters. The lowest BCUT2D eigenvalue weighted by atomic mass is 10.00. The van der Waals surface area contributed by atoms with Crippen LogP contribution in [0.2, 0.25) is 0 Å². The topological polar surface area (TPSA) is 17.1 Å². The van der Waals surface area contributed by atoms with Crippen LogP contribution in [0, 0.1) is 6.92 Å². The molecular weight excluding hydrogens is 324 g/mol. The van der Waals surface area contributed by atoms with Gasteiger partial charge in [-0.05, 0) is 29.0 Å². The van der Waals surface area contributed by atoms with E-state index in [4.69, 9.17) is 0 Å². The number of hydrogen-bond acceptors (Lipinski definition) is 2. The van der Waals surface area contributed by atoms with Gasteiger partial charge in [0.1, 0.15) is 0 Å². The van der Waals surface area contributed by atoms with Crippen molar-refractivity contribution in [1.29, 1.82) is 0 Å². The van der Waals surface area contributed by atoms with Crippen molar-refractivity contribution in [1.82, 2.24) is 0 Å². The van der Waals surface area contributed by atoms with Gasteiger partial charge in [-0.15, -0.1) is 11.8 Å². The summed E-state index contributed by atoms with van der Waals surface area (Å²) in [5, 5.41) is 2.09. The lowest BCUT2D eigenvalue weighted by Gasteiger charge is -2.08. The average molecular weight is 344 g/mol. The lowest BCUT2D eigenvalue weighted by Crippen LogP contribution is -2.01. The number of rotatable bonds is 6. The zero-order valence-electron chi connectivity index (χ0n) is 14.2. The normalized spacial score (nSPS) is 10.3. The molecule has 3 rings (SSSR count). The van der Waals surface area contributed by atoms with Gasteiger partial charge in [0.05, 0.1) is 5.75 Å². The van der Waals surface area contributed by atoms with Crippen LogP contribution in [0.4, 0.5) is 0 Å². The van der Waals surface area contributed by atoms with E-state index in [1.807, 2.05) is 67.6 Å². The molecule has 0 aliphatic rings. The van der Waals surface area contributed by atoms with E-state index in [-0.39, 0.29) is 5.78 Å². The van der Waals surface area contributed by atoms with Gasteiger partial charge >= 0.3 is 0 Å². The molecule has 0 atom stereocenters. The molecule has 0 radical (unpaired) electrons. The van der Waals surface area contributed by atoms with E-state index in [0.717, 1.165) is 22.3 Å². The van der Waals surface area contributed by atoms with Crippen LogP contribution in [0.3, 0.4) is 0 Å². The maximum atomic E-state index is 12.4. The summed E-state index contributed by atoms with van der Waals surface area (Å²) in [5.74, 6) is 0.591. The molecule has 2 heteroatoms. The van der Waals surface area contributed by atoms with E-state index in [1.165, 1.54) is 5.56 Å². The van der Waals surface area contributed by atoms with Gasteiger partial charge in [-0.2, -0.15) is 0 Å². The molecule has 0 saturated heterocycles. The van der Waals surface area contributed by atoms with Crippen molar-refractivity contribution in [2.24, 2.45) is 0 Å². The molecule has 3 aromatic rings. The fraction of sp³-hybridized carbons (Fsp3) is 0.0870. The van der Waals surface area contributed by atoms with Crippen LogP contribution in [0.15, 0.2) is 90.3 Å². The molecule has 0 fully saturated rings. The van der Waals surface area contributed by atoms with Gasteiger partial charge in [0.15, 0.2) is 5.78 Å². The number of benzene rings is 3. The molecule has 0 aromatic heterocycles. The molecule has 25 heavy (non-hydrogen) atoms. The van der Waals surface area contributed by atoms with Gasteiger partial charge in [0.2, 0.25) is 0 Å². The van der Waals surface area contributed by atoms with Crippen LogP contribution >= 0.6 is 11.8 Å². The molecular formula is C23H20OS. The van der Waals surface area contributed by atoms with Crippen molar-refractivity contribution in [3.63, 3.8) is 0 Å². The van der Waals surface area contributed by atoms with Gasteiger partial charge in [-0.1, -0.05) is 90.5 Å². The van der Waals surface area contributed by atoms with Crippen LogP contribution < -0.4 is 0 Å². The summed E-state index contributed by atoms with van der Waals surface area (Å²) in [7, 11) is 0. The molecule has 0 bridgehead atoms. The third-order valence-corrected chi connectivity index (χ3v) is 4.79. The minimum absolute atomic E-state index is 0.154. The van der Waals surface area contributed by atoms with Crippen LogP contribution in [-0.2, 0) is 0 Å². The number of carbonyl (C=O) groups is 1. The Labute approximate surface area is 153 Å². The quantitative estimate of drug-likeness (QED) is 0.510. The maximum Gasteiger partial charge on any atom is 0.173 e. The Morgan fingerprint density at radius 1 is 0.760 bits per heavy atom. The molecule has 0 aliphatic carbocycles. The number of aryl methyl sites for hydroxylation is 1. The van der Waals surface area contributed by atoms with Gasteiger partial charge in [0, 0.05) is 5.56 Å². The SMILES string of the molecule is Cc1ccc(C(=O)CSC=C(c2ccccc2)c2ccccc2)cc1. The Morgan fingerprint density at radius 3 is 1.80 bits per heavy atom. The molecule has 124 valence electrons. The lowest BCUT2D eigenvalue weighted by molar-refractivity contribution is 0.102. The third kappa shape index (κ3) is 4.71. The van der Waals surface area contributed by atoms with Crippen molar-refractivity contribution in [3.8, 4) is 0 Å². The predicted octanol–water partition coefficient (Wildman–Crippen LogP) is 6.00. The van der Waals surface area contributed by atoms with Crippen LogP contribution in [-0.4, -0.2) is 11.5 Å². The first-order chi connectivity index (χ1) is 12.2. The average Bonchev–Trinajstić information content (AvgIpc) is 2.67. The monoisotopic (exact) mass is 344 g/mol. The van der Waals surface area contributed by atoms with E-state index < -0.39 is 0 Å². The highest BCUT2D eigenvalue weighted by atomic mass is 32.2. The minimum Gasteiger partial charge on any atom is -0.293 e. The van der Waals surface area contributed by atoms with Crippen LogP contribution in [0.25, 0.3) is 5.57 Å². The Bertz CT molecular complexity index is 808. The first kappa shape index (κ1) is 17.2. The molecule has 1 nitrogen and oxygen atoms in total. The number of carbonyl (C=O) groups excluding carboxylic acids is 1. The van der Waals surface area contributed by atoms with E-state index in [2.05, 4.69) is 29.7 Å². The van der Waals surface area contributed by atoms with Crippen molar-refractivity contribution in [2.45, 2.75) is 6.92 Å². The molecule has 0 amide bonds. The Kier molecular flexibility index (Phi) is 5.86. The van der Waals surface area contributed by atoms with Crippen molar-refractivity contribution in [3.05, 3.63) is 113 Å². The summed E-state index contributed by atoms with van der Waals surface area (Å²) in [6.45, 7) is 2.03. The largest absolute Gasteiger partial charge is 0.293 e. The van der Waals surface area contributed by atoms with Gasteiger partial charge in [-0.25, -0.2) is 0 Å². The molecule has 0 aliphatic heterocycles. The van der Waals surface area contributed by atoms with E-state index in [9.17, 15) is 4.79 Å². The first-order valence-electron chi connectivity index (χ1n) is 8.26.